The van der Waals surface area contributed by atoms with Crippen molar-refractivity contribution >= 4 is 21.6 Å². The molecule has 0 saturated carbocycles. The Bertz CT molecular complexity index is 574. The molecular formula is C13H12BrN3. The minimum Gasteiger partial charge on any atom is -0.268 e. The van der Waals surface area contributed by atoms with Crippen molar-refractivity contribution in [1.82, 2.24) is 9.78 Å². The molecule has 17 heavy (non-hydrogen) atoms. The van der Waals surface area contributed by atoms with Gasteiger partial charge in [0.2, 0.25) is 0 Å². The van der Waals surface area contributed by atoms with Gasteiger partial charge in [-0.15, -0.1) is 0 Å². The first kappa shape index (κ1) is 11.9. The quantitative estimate of drug-likeness (QED) is 0.767. The van der Waals surface area contributed by atoms with Gasteiger partial charge in [0.05, 0.1) is 22.9 Å². The first-order valence-electron chi connectivity index (χ1n) is 5.35. The summed E-state index contributed by atoms with van der Waals surface area (Å²) in [4.78, 5) is 3.57. The van der Waals surface area contributed by atoms with Crippen molar-refractivity contribution in [2.75, 3.05) is 0 Å². The second kappa shape index (κ2) is 4.72. The third-order valence-electron chi connectivity index (χ3n) is 2.74. The van der Waals surface area contributed by atoms with E-state index in [0.717, 1.165) is 22.2 Å². The fourth-order valence-electron chi connectivity index (χ4n) is 1.80. The summed E-state index contributed by atoms with van der Waals surface area (Å²) in [6.07, 6.45) is 2.71. The molecule has 0 aliphatic rings. The lowest BCUT2D eigenvalue weighted by Gasteiger charge is -2.08. The van der Waals surface area contributed by atoms with E-state index in [9.17, 15) is 0 Å². The molecule has 1 heterocycles. The maximum Gasteiger partial charge on any atom is 0.196 e. The number of aryl methyl sites for hydroxylation is 2. The Morgan fingerprint density at radius 3 is 2.76 bits per heavy atom. The first-order valence-corrected chi connectivity index (χ1v) is 6.15. The van der Waals surface area contributed by atoms with E-state index in [4.69, 9.17) is 6.57 Å². The lowest BCUT2D eigenvalue weighted by molar-refractivity contribution is 0.776. The Labute approximate surface area is 109 Å². The van der Waals surface area contributed by atoms with Crippen LogP contribution in [0.15, 0.2) is 28.9 Å². The Kier molecular flexibility index (Phi) is 3.30. The van der Waals surface area contributed by atoms with Gasteiger partial charge in [0, 0.05) is 12.6 Å². The number of halogens is 1. The van der Waals surface area contributed by atoms with E-state index >= 15 is 0 Å². The van der Waals surface area contributed by atoms with Gasteiger partial charge in [0.25, 0.3) is 0 Å². The van der Waals surface area contributed by atoms with Crippen LogP contribution in [0.25, 0.3) is 16.1 Å². The van der Waals surface area contributed by atoms with Crippen molar-refractivity contribution in [3.63, 3.8) is 0 Å². The zero-order valence-electron chi connectivity index (χ0n) is 9.74. The molecule has 4 heteroatoms. The average molecular weight is 290 g/mol. The number of nitrogens with zero attached hydrogens (tertiary/aromatic N) is 3. The predicted octanol–water partition coefficient (Wildman–Crippen LogP) is 3.96. The average Bonchev–Trinajstić information content (AvgIpc) is 2.68. The molecule has 1 aromatic heterocycles. The van der Waals surface area contributed by atoms with Gasteiger partial charge in [0.1, 0.15) is 0 Å². The minimum atomic E-state index is 0.659. The third-order valence-corrected chi connectivity index (χ3v) is 3.32. The monoisotopic (exact) mass is 289 g/mol. The van der Waals surface area contributed by atoms with Crippen molar-refractivity contribution in [1.29, 1.82) is 0 Å². The highest BCUT2D eigenvalue weighted by Gasteiger charge is 2.13. The fraction of sp³-hybridized carbons (Fsp3) is 0.231. The second-order valence-electron chi connectivity index (χ2n) is 3.78. The molecule has 2 aromatic rings. The van der Waals surface area contributed by atoms with Crippen LogP contribution in [0.4, 0.5) is 5.69 Å². The van der Waals surface area contributed by atoms with Crippen LogP contribution in [0, 0.1) is 6.57 Å². The molecular weight excluding hydrogens is 278 g/mol. The second-order valence-corrected chi connectivity index (χ2v) is 4.64. The topological polar surface area (TPSA) is 22.2 Å². The largest absolute Gasteiger partial charge is 0.268 e. The highest BCUT2D eigenvalue weighted by atomic mass is 79.9. The van der Waals surface area contributed by atoms with Gasteiger partial charge in [-0.3, -0.25) is 4.68 Å². The van der Waals surface area contributed by atoms with E-state index in [2.05, 4.69) is 38.9 Å². The minimum absolute atomic E-state index is 0.659. The molecule has 86 valence electrons. The Morgan fingerprint density at radius 2 is 2.24 bits per heavy atom. The van der Waals surface area contributed by atoms with Crippen molar-refractivity contribution in [3.8, 4) is 11.3 Å². The summed E-state index contributed by atoms with van der Waals surface area (Å²) in [7, 11) is 1.88. The summed E-state index contributed by atoms with van der Waals surface area (Å²) in [6.45, 7) is 9.34. The summed E-state index contributed by atoms with van der Waals surface area (Å²) in [5.41, 5.74) is 3.77. The van der Waals surface area contributed by atoms with Crippen LogP contribution in [0.3, 0.4) is 0 Å². The molecule has 0 N–H and O–H groups in total. The van der Waals surface area contributed by atoms with Crippen LogP contribution >= 0.6 is 15.9 Å². The van der Waals surface area contributed by atoms with Gasteiger partial charge in [-0.2, -0.15) is 5.10 Å². The highest BCUT2D eigenvalue weighted by molar-refractivity contribution is 9.10. The molecule has 0 saturated heterocycles. The lowest BCUT2D eigenvalue weighted by atomic mass is 10.0. The van der Waals surface area contributed by atoms with Gasteiger partial charge in [-0.05, 0) is 22.4 Å². The van der Waals surface area contributed by atoms with Crippen LogP contribution in [0.5, 0.6) is 0 Å². The molecule has 0 spiro atoms. The van der Waals surface area contributed by atoms with E-state index in [1.807, 2.05) is 19.2 Å². The molecule has 0 unspecified atom stereocenters. The summed E-state index contributed by atoms with van der Waals surface area (Å²) >= 11 is 3.48. The Balaban J connectivity index is 2.69. The maximum absolute atomic E-state index is 7.24. The van der Waals surface area contributed by atoms with Crippen LogP contribution in [0.2, 0.25) is 0 Å². The molecule has 0 radical (unpaired) electrons. The van der Waals surface area contributed by atoms with Crippen molar-refractivity contribution in [2.45, 2.75) is 13.3 Å². The first-order chi connectivity index (χ1) is 8.17. The number of aromatic nitrogens is 2. The van der Waals surface area contributed by atoms with Crippen LogP contribution in [-0.2, 0) is 13.5 Å². The normalized spacial score (nSPS) is 10.2. The fourth-order valence-corrected chi connectivity index (χ4v) is 2.37. The Hall–Kier alpha value is -1.60. The van der Waals surface area contributed by atoms with E-state index < -0.39 is 0 Å². The third kappa shape index (κ3) is 2.11. The Morgan fingerprint density at radius 1 is 1.47 bits per heavy atom. The van der Waals surface area contributed by atoms with Crippen LogP contribution in [-0.4, -0.2) is 9.78 Å². The number of hydrogen-bond donors (Lipinski definition) is 0. The van der Waals surface area contributed by atoms with E-state index in [1.165, 1.54) is 5.56 Å². The SMILES string of the molecule is [C-]#[N+]c1ccc(CC)cc1-c1c(Br)cnn1C. The molecule has 0 aliphatic carbocycles. The molecule has 1 aromatic carbocycles. The molecule has 0 atom stereocenters. The number of rotatable bonds is 2. The van der Waals surface area contributed by atoms with Crippen molar-refractivity contribution < 1.29 is 0 Å². The van der Waals surface area contributed by atoms with Crippen LogP contribution < -0.4 is 0 Å². The van der Waals surface area contributed by atoms with E-state index in [1.54, 1.807) is 10.9 Å². The smallest absolute Gasteiger partial charge is 0.196 e. The zero-order chi connectivity index (χ0) is 12.4. The molecule has 0 bridgehead atoms. The van der Waals surface area contributed by atoms with Crippen LogP contribution in [0.1, 0.15) is 12.5 Å². The maximum atomic E-state index is 7.24. The van der Waals surface area contributed by atoms with E-state index in [-0.39, 0.29) is 0 Å². The molecule has 2 rings (SSSR count). The standard InChI is InChI=1S/C13H12BrN3/c1-4-9-5-6-12(15-2)10(7-9)13-11(14)8-16-17(13)3/h5-8H,4H2,1,3H3. The molecule has 0 amide bonds. The van der Waals surface area contributed by atoms with Gasteiger partial charge >= 0.3 is 0 Å². The van der Waals surface area contributed by atoms with Crippen molar-refractivity contribution in [3.05, 3.63) is 45.8 Å². The van der Waals surface area contributed by atoms with Crippen molar-refractivity contribution in [2.24, 2.45) is 7.05 Å². The predicted molar refractivity (Wildman–Crippen MR) is 72.0 cm³/mol. The molecule has 3 nitrogen and oxygen atoms in total. The summed E-state index contributed by atoms with van der Waals surface area (Å²) in [5, 5.41) is 4.19. The summed E-state index contributed by atoms with van der Waals surface area (Å²) < 4.78 is 2.70. The number of hydrogen-bond acceptors (Lipinski definition) is 1. The van der Waals surface area contributed by atoms with Gasteiger partial charge in [-0.25, -0.2) is 4.85 Å². The van der Waals surface area contributed by atoms with E-state index in [0.29, 0.717) is 5.69 Å². The lowest BCUT2D eigenvalue weighted by Crippen LogP contribution is -1.94. The highest BCUT2D eigenvalue weighted by Crippen LogP contribution is 2.35. The molecule has 0 fully saturated rings. The zero-order valence-corrected chi connectivity index (χ0v) is 11.3. The van der Waals surface area contributed by atoms with Gasteiger partial charge in [0.15, 0.2) is 5.69 Å². The summed E-state index contributed by atoms with van der Waals surface area (Å²) in [5.74, 6) is 0. The van der Waals surface area contributed by atoms with Gasteiger partial charge < -0.3 is 0 Å². The number of benzene rings is 1. The van der Waals surface area contributed by atoms with Gasteiger partial charge in [-0.1, -0.05) is 30.7 Å². The summed E-state index contributed by atoms with van der Waals surface area (Å²) in [6, 6.07) is 5.94. The molecule has 0 aliphatic heterocycles.